The predicted octanol–water partition coefficient (Wildman–Crippen LogP) is 3.84. The number of esters is 1. The Bertz CT molecular complexity index is 873. The first-order chi connectivity index (χ1) is 13.6. The van der Waals surface area contributed by atoms with Crippen LogP contribution in [0.2, 0.25) is 5.02 Å². The van der Waals surface area contributed by atoms with Crippen LogP contribution in [0.1, 0.15) is 36.7 Å². The van der Waals surface area contributed by atoms with Crippen molar-refractivity contribution < 1.29 is 19.1 Å². The van der Waals surface area contributed by atoms with Gasteiger partial charge in [-0.2, -0.15) is 0 Å². The predicted molar refractivity (Wildman–Crippen MR) is 113 cm³/mol. The summed E-state index contributed by atoms with van der Waals surface area (Å²) in [6.45, 7) is 5.44. The molecule has 2 aromatic carbocycles. The average molecular weight is 417 g/mol. The Labute approximate surface area is 175 Å². The number of carbonyl (C=O) groups excluding carboxylic acids is 3. The number of halogens is 1. The lowest BCUT2D eigenvalue weighted by molar-refractivity contribution is -0.124. The van der Waals surface area contributed by atoms with E-state index in [0.29, 0.717) is 23.7 Å². The average Bonchev–Trinajstić information content (AvgIpc) is 2.67. The van der Waals surface area contributed by atoms with Crippen molar-refractivity contribution in [3.63, 3.8) is 0 Å². The van der Waals surface area contributed by atoms with Crippen molar-refractivity contribution >= 4 is 35.1 Å². The van der Waals surface area contributed by atoms with Crippen molar-refractivity contribution in [2.24, 2.45) is 5.41 Å². The molecule has 2 amide bonds. The van der Waals surface area contributed by atoms with E-state index in [-0.39, 0.29) is 24.0 Å². The van der Waals surface area contributed by atoms with E-state index in [4.69, 9.17) is 16.3 Å². The minimum Gasteiger partial charge on any atom is -0.452 e. The molecule has 29 heavy (non-hydrogen) atoms. The van der Waals surface area contributed by atoms with Gasteiger partial charge in [0.25, 0.3) is 5.91 Å². The Morgan fingerprint density at radius 3 is 2.38 bits per heavy atom. The van der Waals surface area contributed by atoms with Crippen molar-refractivity contribution in [2.45, 2.75) is 27.2 Å². The summed E-state index contributed by atoms with van der Waals surface area (Å²) in [6.07, 6.45) is 0.645. The molecule has 0 aliphatic heterocycles. The van der Waals surface area contributed by atoms with E-state index in [1.54, 1.807) is 51.1 Å². The van der Waals surface area contributed by atoms with Gasteiger partial charge in [-0.3, -0.25) is 9.59 Å². The fourth-order valence-electron chi connectivity index (χ4n) is 2.31. The smallest absolute Gasteiger partial charge is 0.338 e. The van der Waals surface area contributed by atoms with Crippen molar-refractivity contribution in [2.75, 3.05) is 18.5 Å². The van der Waals surface area contributed by atoms with Gasteiger partial charge in [-0.1, -0.05) is 50.6 Å². The molecule has 0 spiro atoms. The zero-order valence-corrected chi connectivity index (χ0v) is 17.5. The van der Waals surface area contributed by atoms with Crippen LogP contribution < -0.4 is 10.6 Å². The van der Waals surface area contributed by atoms with Gasteiger partial charge >= 0.3 is 5.97 Å². The van der Waals surface area contributed by atoms with E-state index in [2.05, 4.69) is 10.6 Å². The van der Waals surface area contributed by atoms with Gasteiger partial charge in [0, 0.05) is 22.7 Å². The summed E-state index contributed by atoms with van der Waals surface area (Å²) in [5, 5.41) is 6.11. The van der Waals surface area contributed by atoms with Gasteiger partial charge in [0.15, 0.2) is 6.61 Å². The largest absolute Gasteiger partial charge is 0.452 e. The Kier molecular flexibility index (Phi) is 7.79. The van der Waals surface area contributed by atoms with E-state index in [9.17, 15) is 14.4 Å². The topological polar surface area (TPSA) is 84.5 Å². The van der Waals surface area contributed by atoms with Crippen LogP contribution in [0.25, 0.3) is 0 Å². The molecule has 7 heteroatoms. The molecule has 0 aliphatic carbocycles. The minimum absolute atomic E-state index is 0.164. The standard InChI is InChI=1S/C22H25ClN2O4/c1-22(2,3)21(28)25-18-6-4-5-16(13-18)20(27)29-14-19(26)24-12-11-15-7-9-17(23)10-8-15/h4-10,13H,11-12,14H2,1-3H3,(H,24,26)(H,25,28). The fourth-order valence-corrected chi connectivity index (χ4v) is 2.43. The Morgan fingerprint density at radius 1 is 1.03 bits per heavy atom. The highest BCUT2D eigenvalue weighted by molar-refractivity contribution is 6.30. The molecular formula is C22H25ClN2O4. The molecule has 0 aliphatic rings. The number of hydrogen-bond donors (Lipinski definition) is 2. The summed E-state index contributed by atoms with van der Waals surface area (Å²) in [5.41, 5.74) is 1.24. The lowest BCUT2D eigenvalue weighted by atomic mass is 9.95. The second-order valence-corrected chi connectivity index (χ2v) is 8.02. The summed E-state index contributed by atoms with van der Waals surface area (Å²) in [5.74, 6) is -1.18. The Hall–Kier alpha value is -2.86. The molecule has 0 unspecified atom stereocenters. The van der Waals surface area contributed by atoms with Crippen LogP contribution in [-0.4, -0.2) is 30.9 Å². The highest BCUT2D eigenvalue weighted by atomic mass is 35.5. The van der Waals surface area contributed by atoms with Gasteiger partial charge in [-0.25, -0.2) is 4.79 Å². The number of hydrogen-bond acceptors (Lipinski definition) is 4. The third-order valence-electron chi connectivity index (χ3n) is 4.02. The molecule has 6 nitrogen and oxygen atoms in total. The summed E-state index contributed by atoms with van der Waals surface area (Å²) >= 11 is 5.83. The van der Waals surface area contributed by atoms with Gasteiger partial charge in [-0.15, -0.1) is 0 Å². The molecule has 0 fully saturated rings. The molecule has 0 bridgehead atoms. The van der Waals surface area contributed by atoms with E-state index in [0.717, 1.165) is 5.56 Å². The third kappa shape index (κ3) is 7.58. The van der Waals surface area contributed by atoms with Crippen LogP contribution in [0.4, 0.5) is 5.69 Å². The molecule has 0 aromatic heterocycles. The first kappa shape index (κ1) is 22.4. The highest BCUT2D eigenvalue weighted by Gasteiger charge is 2.21. The molecule has 0 radical (unpaired) electrons. The van der Waals surface area contributed by atoms with Crippen LogP contribution in [0.15, 0.2) is 48.5 Å². The second kappa shape index (κ2) is 10.1. The Morgan fingerprint density at radius 2 is 1.72 bits per heavy atom. The maximum absolute atomic E-state index is 12.2. The SMILES string of the molecule is CC(C)(C)C(=O)Nc1cccc(C(=O)OCC(=O)NCCc2ccc(Cl)cc2)c1. The number of carbonyl (C=O) groups is 3. The molecule has 0 saturated carbocycles. The summed E-state index contributed by atoms with van der Waals surface area (Å²) < 4.78 is 5.05. The minimum atomic E-state index is -0.635. The zero-order valence-electron chi connectivity index (χ0n) is 16.8. The lowest BCUT2D eigenvalue weighted by Crippen LogP contribution is -2.30. The number of rotatable bonds is 7. The van der Waals surface area contributed by atoms with Crippen LogP contribution in [0.3, 0.4) is 0 Å². The second-order valence-electron chi connectivity index (χ2n) is 7.59. The molecule has 0 atom stereocenters. The van der Waals surface area contributed by atoms with Crippen molar-refractivity contribution in [1.82, 2.24) is 5.32 Å². The molecule has 0 saturated heterocycles. The quantitative estimate of drug-likeness (QED) is 0.671. The summed E-state index contributed by atoms with van der Waals surface area (Å²) in [4.78, 5) is 36.1. The van der Waals surface area contributed by atoms with Crippen molar-refractivity contribution in [3.8, 4) is 0 Å². The molecule has 2 N–H and O–H groups in total. The van der Waals surface area contributed by atoms with Crippen LogP contribution >= 0.6 is 11.6 Å². The van der Waals surface area contributed by atoms with Gasteiger partial charge in [0.1, 0.15) is 0 Å². The monoisotopic (exact) mass is 416 g/mol. The third-order valence-corrected chi connectivity index (χ3v) is 4.27. The van der Waals surface area contributed by atoms with Gasteiger partial charge < -0.3 is 15.4 Å². The maximum atomic E-state index is 12.2. The number of ether oxygens (including phenoxy) is 1. The van der Waals surface area contributed by atoms with E-state index < -0.39 is 11.4 Å². The highest BCUT2D eigenvalue weighted by Crippen LogP contribution is 2.18. The molecule has 2 aromatic rings. The van der Waals surface area contributed by atoms with E-state index in [1.165, 1.54) is 6.07 Å². The van der Waals surface area contributed by atoms with Gasteiger partial charge in [0.05, 0.1) is 5.56 Å². The van der Waals surface area contributed by atoms with Crippen molar-refractivity contribution in [3.05, 3.63) is 64.7 Å². The van der Waals surface area contributed by atoms with Crippen LogP contribution in [0, 0.1) is 5.41 Å². The number of benzene rings is 2. The van der Waals surface area contributed by atoms with E-state index in [1.807, 2.05) is 12.1 Å². The Balaban J connectivity index is 1.79. The zero-order chi connectivity index (χ0) is 21.4. The van der Waals surface area contributed by atoms with Gasteiger partial charge in [0.2, 0.25) is 5.91 Å². The molecular weight excluding hydrogens is 392 g/mol. The molecule has 2 rings (SSSR count). The number of nitrogens with one attached hydrogen (secondary N) is 2. The summed E-state index contributed by atoms with van der Waals surface area (Å²) in [6, 6.07) is 13.8. The van der Waals surface area contributed by atoms with Gasteiger partial charge in [-0.05, 0) is 42.3 Å². The maximum Gasteiger partial charge on any atom is 0.338 e. The molecule has 154 valence electrons. The first-order valence-electron chi connectivity index (χ1n) is 9.25. The fraction of sp³-hybridized carbons (Fsp3) is 0.318. The van der Waals surface area contributed by atoms with E-state index >= 15 is 0 Å². The van der Waals surface area contributed by atoms with Crippen molar-refractivity contribution in [1.29, 1.82) is 0 Å². The summed E-state index contributed by atoms with van der Waals surface area (Å²) in [7, 11) is 0. The van der Waals surface area contributed by atoms with Crippen LogP contribution in [-0.2, 0) is 20.7 Å². The first-order valence-corrected chi connectivity index (χ1v) is 9.63. The number of anilines is 1. The normalized spacial score (nSPS) is 10.9. The molecule has 0 heterocycles. The number of amides is 2. The lowest BCUT2D eigenvalue weighted by Gasteiger charge is -2.17. The van der Waals surface area contributed by atoms with Crippen LogP contribution in [0.5, 0.6) is 0 Å².